The maximum atomic E-state index is 12.7. The Balaban J connectivity index is 2.29. The molecular weight excluding hydrogens is 294 g/mol. The van der Waals surface area contributed by atoms with Crippen LogP contribution in [-0.4, -0.2) is 46.0 Å². The molecule has 7 heteroatoms. The van der Waals surface area contributed by atoms with E-state index in [2.05, 4.69) is 0 Å². The van der Waals surface area contributed by atoms with Crippen LogP contribution in [0.15, 0.2) is 29.2 Å². The Labute approximate surface area is 124 Å². The Morgan fingerprint density at radius 1 is 1.29 bits per heavy atom. The van der Waals surface area contributed by atoms with Crippen molar-refractivity contribution in [1.82, 2.24) is 4.31 Å². The summed E-state index contributed by atoms with van der Waals surface area (Å²) in [6, 6.07) is 6.48. The number of methoxy groups -OCH3 is 2. The molecule has 0 spiro atoms. The molecule has 0 amide bonds. The molecule has 1 saturated heterocycles. The first-order valence-electron chi connectivity index (χ1n) is 6.71. The summed E-state index contributed by atoms with van der Waals surface area (Å²) in [6.45, 7) is 0.543. The van der Waals surface area contributed by atoms with E-state index in [0.717, 1.165) is 0 Å². The smallest absolute Gasteiger partial charge is 0.309 e. The number of para-hydroxylation sites is 1. The SMILES string of the molecule is COC(=O)C1CCCN(S(=O)(=O)c2ccccc2OC)C1. The van der Waals surface area contributed by atoms with Crippen molar-refractivity contribution >= 4 is 16.0 Å². The summed E-state index contributed by atoms with van der Waals surface area (Å²) in [5.74, 6) is -0.471. The maximum absolute atomic E-state index is 12.7. The molecular formula is C14H19NO5S. The summed E-state index contributed by atoms with van der Waals surface area (Å²) in [7, 11) is -0.931. The topological polar surface area (TPSA) is 72.9 Å². The Bertz CT molecular complexity index is 614. The van der Waals surface area contributed by atoms with Crippen molar-refractivity contribution in [1.29, 1.82) is 0 Å². The van der Waals surface area contributed by atoms with Crippen LogP contribution >= 0.6 is 0 Å². The lowest BCUT2D eigenvalue weighted by atomic mass is 10.0. The third-order valence-corrected chi connectivity index (χ3v) is 5.51. The number of hydrogen-bond acceptors (Lipinski definition) is 5. The van der Waals surface area contributed by atoms with Gasteiger partial charge in [0.05, 0.1) is 20.1 Å². The fourth-order valence-electron chi connectivity index (χ4n) is 2.49. The molecule has 2 rings (SSSR count). The molecule has 0 aromatic heterocycles. The van der Waals surface area contributed by atoms with E-state index in [9.17, 15) is 13.2 Å². The molecule has 0 radical (unpaired) electrons. The monoisotopic (exact) mass is 313 g/mol. The van der Waals surface area contributed by atoms with E-state index in [1.54, 1.807) is 18.2 Å². The van der Waals surface area contributed by atoms with E-state index in [1.807, 2.05) is 0 Å². The van der Waals surface area contributed by atoms with Gasteiger partial charge in [-0.15, -0.1) is 0 Å². The molecule has 0 bridgehead atoms. The second kappa shape index (κ2) is 6.44. The van der Waals surface area contributed by atoms with E-state index < -0.39 is 15.9 Å². The van der Waals surface area contributed by atoms with Crippen molar-refractivity contribution in [2.45, 2.75) is 17.7 Å². The van der Waals surface area contributed by atoms with E-state index in [4.69, 9.17) is 9.47 Å². The normalized spacial score (nSPS) is 20.0. The molecule has 1 atom stereocenters. The molecule has 0 saturated carbocycles. The first-order chi connectivity index (χ1) is 10.0. The van der Waals surface area contributed by atoms with E-state index >= 15 is 0 Å². The van der Waals surface area contributed by atoms with Gasteiger partial charge in [0.25, 0.3) is 0 Å². The van der Waals surface area contributed by atoms with Crippen LogP contribution in [0.1, 0.15) is 12.8 Å². The molecule has 0 N–H and O–H groups in total. The van der Waals surface area contributed by atoms with Crippen molar-refractivity contribution in [2.75, 3.05) is 27.3 Å². The van der Waals surface area contributed by atoms with Crippen LogP contribution in [0, 0.1) is 5.92 Å². The molecule has 1 unspecified atom stereocenters. The van der Waals surface area contributed by atoms with Crippen LogP contribution in [0.2, 0.25) is 0 Å². The summed E-state index contributed by atoms with van der Waals surface area (Å²) < 4.78 is 36.6. The molecule has 1 fully saturated rings. The highest BCUT2D eigenvalue weighted by Crippen LogP contribution is 2.29. The lowest BCUT2D eigenvalue weighted by Gasteiger charge is -2.30. The minimum Gasteiger partial charge on any atom is -0.495 e. The second-order valence-corrected chi connectivity index (χ2v) is 6.78. The van der Waals surface area contributed by atoms with Gasteiger partial charge in [0.1, 0.15) is 10.6 Å². The number of carbonyl (C=O) groups is 1. The van der Waals surface area contributed by atoms with Gasteiger partial charge < -0.3 is 9.47 Å². The molecule has 1 aliphatic rings. The number of benzene rings is 1. The van der Waals surface area contributed by atoms with Gasteiger partial charge in [-0.3, -0.25) is 4.79 Å². The Morgan fingerprint density at radius 3 is 2.67 bits per heavy atom. The Hall–Kier alpha value is -1.60. The van der Waals surface area contributed by atoms with Gasteiger partial charge in [0.15, 0.2) is 0 Å². The first kappa shape index (κ1) is 15.8. The molecule has 116 valence electrons. The van der Waals surface area contributed by atoms with Crippen LogP contribution in [0.5, 0.6) is 5.75 Å². The molecule has 6 nitrogen and oxygen atoms in total. The van der Waals surface area contributed by atoms with Crippen molar-refractivity contribution in [2.24, 2.45) is 5.92 Å². The molecule has 1 heterocycles. The largest absolute Gasteiger partial charge is 0.495 e. The third kappa shape index (κ3) is 3.19. The van der Waals surface area contributed by atoms with Gasteiger partial charge >= 0.3 is 5.97 Å². The number of rotatable bonds is 4. The van der Waals surface area contributed by atoms with Crippen LogP contribution < -0.4 is 4.74 Å². The zero-order chi connectivity index (χ0) is 15.5. The predicted octanol–water partition coefficient (Wildman–Crippen LogP) is 1.27. The molecule has 0 aliphatic carbocycles. The average Bonchev–Trinajstić information content (AvgIpc) is 2.54. The maximum Gasteiger partial charge on any atom is 0.309 e. The lowest BCUT2D eigenvalue weighted by molar-refractivity contribution is -0.146. The number of piperidine rings is 1. The zero-order valence-corrected chi connectivity index (χ0v) is 12.9. The van der Waals surface area contributed by atoms with E-state index in [0.29, 0.717) is 25.1 Å². The number of nitrogens with zero attached hydrogens (tertiary/aromatic N) is 1. The van der Waals surface area contributed by atoms with E-state index in [1.165, 1.54) is 24.6 Å². The standard InChI is InChI=1S/C14H19NO5S/c1-19-12-7-3-4-8-13(12)21(17,18)15-9-5-6-11(10-15)14(16)20-2/h3-4,7-8,11H,5-6,9-10H2,1-2H3. The molecule has 21 heavy (non-hydrogen) atoms. The highest BCUT2D eigenvalue weighted by molar-refractivity contribution is 7.89. The Kier molecular flexibility index (Phi) is 4.84. The first-order valence-corrected chi connectivity index (χ1v) is 8.15. The minimum atomic E-state index is -3.68. The summed E-state index contributed by atoms with van der Waals surface area (Å²) in [4.78, 5) is 11.8. The zero-order valence-electron chi connectivity index (χ0n) is 12.1. The van der Waals surface area contributed by atoms with E-state index in [-0.39, 0.29) is 17.4 Å². The van der Waals surface area contributed by atoms with Gasteiger partial charge in [0, 0.05) is 13.1 Å². The fraction of sp³-hybridized carbons (Fsp3) is 0.500. The minimum absolute atomic E-state index is 0.123. The van der Waals surface area contributed by atoms with Crippen molar-refractivity contribution < 1.29 is 22.7 Å². The summed E-state index contributed by atoms with van der Waals surface area (Å²) in [6.07, 6.45) is 1.28. The van der Waals surface area contributed by atoms with Crippen LogP contribution in [0.4, 0.5) is 0 Å². The molecule has 1 aromatic carbocycles. The van der Waals surface area contributed by atoms with Crippen LogP contribution in [0.3, 0.4) is 0 Å². The lowest BCUT2D eigenvalue weighted by Crippen LogP contribution is -2.42. The van der Waals surface area contributed by atoms with Gasteiger partial charge in [-0.05, 0) is 25.0 Å². The number of ether oxygens (including phenoxy) is 2. The van der Waals surface area contributed by atoms with Crippen molar-refractivity contribution in [3.8, 4) is 5.75 Å². The van der Waals surface area contributed by atoms with Crippen LogP contribution in [-0.2, 0) is 19.6 Å². The number of esters is 1. The van der Waals surface area contributed by atoms with Gasteiger partial charge in [0.2, 0.25) is 10.0 Å². The third-order valence-electron chi connectivity index (χ3n) is 3.61. The summed E-state index contributed by atoms with van der Waals surface area (Å²) >= 11 is 0. The van der Waals surface area contributed by atoms with Gasteiger partial charge in [-0.2, -0.15) is 4.31 Å². The summed E-state index contributed by atoms with van der Waals surface area (Å²) in [5, 5.41) is 0. The molecule has 1 aliphatic heterocycles. The quantitative estimate of drug-likeness (QED) is 0.783. The predicted molar refractivity (Wildman–Crippen MR) is 76.5 cm³/mol. The van der Waals surface area contributed by atoms with Crippen molar-refractivity contribution in [3.05, 3.63) is 24.3 Å². The Morgan fingerprint density at radius 2 is 2.00 bits per heavy atom. The number of carbonyl (C=O) groups excluding carboxylic acids is 1. The van der Waals surface area contributed by atoms with Crippen LogP contribution in [0.25, 0.3) is 0 Å². The second-order valence-electron chi connectivity index (χ2n) is 4.88. The summed E-state index contributed by atoms with van der Waals surface area (Å²) in [5.41, 5.74) is 0. The molecule has 1 aromatic rings. The highest BCUT2D eigenvalue weighted by atomic mass is 32.2. The number of sulfonamides is 1. The fourth-order valence-corrected chi connectivity index (χ4v) is 4.17. The van der Waals surface area contributed by atoms with Gasteiger partial charge in [-0.1, -0.05) is 12.1 Å². The highest BCUT2D eigenvalue weighted by Gasteiger charge is 2.35. The van der Waals surface area contributed by atoms with Crippen molar-refractivity contribution in [3.63, 3.8) is 0 Å². The number of hydrogen-bond donors (Lipinski definition) is 0. The average molecular weight is 313 g/mol. The van der Waals surface area contributed by atoms with Gasteiger partial charge in [-0.25, -0.2) is 8.42 Å².